The van der Waals surface area contributed by atoms with Crippen LogP contribution in [-0.4, -0.2) is 18.1 Å². The van der Waals surface area contributed by atoms with Crippen molar-refractivity contribution in [2.45, 2.75) is 13.8 Å². The van der Waals surface area contributed by atoms with E-state index in [4.69, 9.17) is 0 Å². The summed E-state index contributed by atoms with van der Waals surface area (Å²) in [4.78, 5) is 4.44. The van der Waals surface area contributed by atoms with E-state index in [-0.39, 0.29) is 0 Å². The number of rotatable bonds is 4. The van der Waals surface area contributed by atoms with Crippen LogP contribution in [0.15, 0.2) is 85.2 Å². The number of quaternary nitrogens is 1. The Balaban J connectivity index is 1.72. The number of aromatic nitrogens is 1. The van der Waals surface area contributed by atoms with Crippen molar-refractivity contribution < 1.29 is 0 Å². The van der Waals surface area contributed by atoms with Gasteiger partial charge in [0.25, 0.3) is 0 Å². The van der Waals surface area contributed by atoms with Gasteiger partial charge in [-0.2, -0.15) is 0 Å². The Morgan fingerprint density at radius 2 is 1.70 bits per heavy atom. The van der Waals surface area contributed by atoms with Gasteiger partial charge in [-0.3, -0.25) is 9.47 Å². The molecule has 0 atom stereocenters. The molecule has 0 aliphatic carbocycles. The van der Waals surface area contributed by atoms with Gasteiger partial charge in [0.2, 0.25) is 0 Å². The summed E-state index contributed by atoms with van der Waals surface area (Å²) < 4.78 is 0.909. The van der Waals surface area contributed by atoms with Crippen LogP contribution in [0.4, 0.5) is 5.69 Å². The van der Waals surface area contributed by atoms with Gasteiger partial charge in [0.15, 0.2) is 0 Å². The molecule has 0 radical (unpaired) electrons. The number of allylic oxidation sites excluding steroid dienone is 4. The number of pyridine rings is 1. The number of hydrogen-bond acceptors (Lipinski definition) is 1. The normalized spacial score (nSPS) is 16.9. The molecule has 3 aromatic rings. The monoisotopic (exact) mass is 353 g/mol. The number of nitrogens with zero attached hydrogens (tertiary/aromatic N) is 2. The summed E-state index contributed by atoms with van der Waals surface area (Å²) in [5, 5.41) is 1.18. The zero-order valence-corrected chi connectivity index (χ0v) is 16.0. The molecule has 0 saturated carbocycles. The fraction of sp³-hybridized carbons (Fsp3) is 0.160. The van der Waals surface area contributed by atoms with Crippen LogP contribution in [0.3, 0.4) is 0 Å². The molecule has 2 heterocycles. The van der Waals surface area contributed by atoms with Crippen LogP contribution in [-0.2, 0) is 0 Å². The smallest absolute Gasteiger partial charge is 0.145 e. The Kier molecular flexibility index (Phi) is 4.74. The Morgan fingerprint density at radius 1 is 0.926 bits per heavy atom. The maximum absolute atomic E-state index is 4.44. The second kappa shape index (κ2) is 7.34. The summed E-state index contributed by atoms with van der Waals surface area (Å²) >= 11 is 0. The highest BCUT2D eigenvalue weighted by molar-refractivity contribution is 5.89. The van der Waals surface area contributed by atoms with Crippen LogP contribution in [0.5, 0.6) is 0 Å². The highest BCUT2D eigenvalue weighted by Gasteiger charge is 2.30. The molecule has 1 aliphatic rings. The maximum atomic E-state index is 4.44. The van der Waals surface area contributed by atoms with Crippen LogP contribution in [0.25, 0.3) is 22.6 Å². The maximum Gasteiger partial charge on any atom is 0.145 e. The average molecular weight is 353 g/mol. The van der Waals surface area contributed by atoms with Crippen molar-refractivity contribution in [3.8, 4) is 0 Å². The lowest BCUT2D eigenvalue weighted by atomic mass is 9.97. The Bertz CT molecular complexity index is 1050. The van der Waals surface area contributed by atoms with Crippen molar-refractivity contribution in [3.05, 3.63) is 96.3 Å². The molecule has 0 unspecified atom stereocenters. The molecular formula is C25H25N2+. The van der Waals surface area contributed by atoms with E-state index in [1.807, 2.05) is 12.3 Å². The number of benzene rings is 2. The summed E-state index contributed by atoms with van der Waals surface area (Å²) in [7, 11) is 0. The van der Waals surface area contributed by atoms with Crippen LogP contribution in [0.2, 0.25) is 0 Å². The van der Waals surface area contributed by atoms with Gasteiger partial charge in [-0.15, -0.1) is 0 Å². The van der Waals surface area contributed by atoms with E-state index in [9.17, 15) is 0 Å². The highest BCUT2D eigenvalue weighted by Crippen LogP contribution is 2.37. The van der Waals surface area contributed by atoms with E-state index in [2.05, 4.69) is 97.9 Å². The number of hydrogen-bond donors (Lipinski definition) is 0. The molecular weight excluding hydrogens is 328 g/mol. The second-order valence-corrected chi connectivity index (χ2v) is 6.90. The van der Waals surface area contributed by atoms with Crippen molar-refractivity contribution in [1.82, 2.24) is 9.47 Å². The predicted octanol–water partition coefficient (Wildman–Crippen LogP) is 6.21. The van der Waals surface area contributed by atoms with Gasteiger partial charge < -0.3 is 0 Å². The standard InChI is InChI=1S/C25H25N2/c1-3-27(4-2)19-17-21(23-13-6-8-15-25(23)27)11-9-10-20-16-18-26-24-14-7-5-12-22(20)24/h5-19H,3-4H2,1-2H3/q+1. The minimum absolute atomic E-state index is 0.909. The van der Waals surface area contributed by atoms with Crippen molar-refractivity contribution >= 4 is 28.2 Å². The zero-order chi connectivity index (χ0) is 18.7. The average Bonchev–Trinajstić information content (AvgIpc) is 2.74. The van der Waals surface area contributed by atoms with Crippen LogP contribution in [0, 0.1) is 0 Å². The molecule has 0 spiro atoms. The lowest BCUT2D eigenvalue weighted by molar-refractivity contribution is 0.405. The molecule has 27 heavy (non-hydrogen) atoms. The summed E-state index contributed by atoms with van der Waals surface area (Å²) in [6.45, 7) is 6.65. The van der Waals surface area contributed by atoms with Crippen molar-refractivity contribution in [3.63, 3.8) is 0 Å². The summed E-state index contributed by atoms with van der Waals surface area (Å²) in [6.07, 6.45) is 13.0. The topological polar surface area (TPSA) is 12.9 Å². The van der Waals surface area contributed by atoms with E-state index in [1.165, 1.54) is 27.8 Å². The Labute approximate surface area is 161 Å². The van der Waals surface area contributed by atoms with Crippen LogP contribution < -0.4 is 4.48 Å². The number of fused-ring (bicyclic) bond motifs is 2. The molecule has 2 heteroatoms. The van der Waals surface area contributed by atoms with E-state index in [0.717, 1.165) is 23.1 Å². The molecule has 134 valence electrons. The van der Waals surface area contributed by atoms with Crippen LogP contribution in [0.1, 0.15) is 25.0 Å². The fourth-order valence-electron chi connectivity index (χ4n) is 3.94. The molecule has 2 aromatic carbocycles. The predicted molar refractivity (Wildman–Crippen MR) is 117 cm³/mol. The zero-order valence-electron chi connectivity index (χ0n) is 16.0. The van der Waals surface area contributed by atoms with Gasteiger partial charge in [0, 0.05) is 23.2 Å². The molecule has 0 saturated heterocycles. The molecule has 2 nitrogen and oxygen atoms in total. The first-order valence-electron chi connectivity index (χ1n) is 9.65. The fourth-order valence-corrected chi connectivity index (χ4v) is 3.94. The Morgan fingerprint density at radius 3 is 2.56 bits per heavy atom. The minimum atomic E-state index is 0.909. The molecule has 4 rings (SSSR count). The first-order chi connectivity index (χ1) is 13.3. The van der Waals surface area contributed by atoms with Gasteiger partial charge in [0.1, 0.15) is 11.9 Å². The number of para-hydroxylation sites is 2. The van der Waals surface area contributed by atoms with Crippen LogP contribution >= 0.6 is 0 Å². The van der Waals surface area contributed by atoms with Crippen molar-refractivity contribution in [1.29, 1.82) is 0 Å². The molecule has 0 fully saturated rings. The van der Waals surface area contributed by atoms with Gasteiger partial charge >= 0.3 is 0 Å². The second-order valence-electron chi connectivity index (χ2n) is 6.90. The highest BCUT2D eigenvalue weighted by atomic mass is 15.3. The molecule has 0 N–H and O–H groups in total. The van der Waals surface area contributed by atoms with Gasteiger partial charge in [-0.05, 0) is 49.3 Å². The summed E-state index contributed by atoms with van der Waals surface area (Å²) in [5.74, 6) is 0. The summed E-state index contributed by atoms with van der Waals surface area (Å²) in [6, 6.07) is 19.1. The molecule has 1 aromatic heterocycles. The van der Waals surface area contributed by atoms with E-state index < -0.39 is 0 Å². The molecule has 1 aliphatic heterocycles. The Hall–Kier alpha value is -2.97. The lowest BCUT2D eigenvalue weighted by Gasteiger charge is -2.36. The van der Waals surface area contributed by atoms with E-state index in [0.29, 0.717) is 0 Å². The van der Waals surface area contributed by atoms with Crippen molar-refractivity contribution in [2.75, 3.05) is 13.1 Å². The summed E-state index contributed by atoms with van der Waals surface area (Å²) in [5.41, 5.74) is 6.20. The first-order valence-corrected chi connectivity index (χ1v) is 9.65. The quantitative estimate of drug-likeness (QED) is 0.508. The van der Waals surface area contributed by atoms with Gasteiger partial charge in [0.05, 0.1) is 18.6 Å². The van der Waals surface area contributed by atoms with Gasteiger partial charge in [-0.1, -0.05) is 48.6 Å². The third-order valence-electron chi connectivity index (χ3n) is 5.60. The van der Waals surface area contributed by atoms with Crippen molar-refractivity contribution in [2.24, 2.45) is 0 Å². The van der Waals surface area contributed by atoms with E-state index >= 15 is 0 Å². The molecule has 0 bridgehead atoms. The lowest BCUT2D eigenvalue weighted by Crippen LogP contribution is -2.45. The first kappa shape index (κ1) is 17.4. The SMILES string of the molecule is CC[N+]1(CC)C=CC(=CC=Cc2ccnc3ccccc23)c2ccccc21. The largest absolute Gasteiger partial charge is 0.265 e. The molecule has 0 amide bonds. The van der Waals surface area contributed by atoms with Gasteiger partial charge in [-0.25, -0.2) is 0 Å². The third kappa shape index (κ3) is 3.13. The van der Waals surface area contributed by atoms with E-state index in [1.54, 1.807) is 0 Å². The minimum Gasteiger partial charge on any atom is -0.265 e. The third-order valence-corrected chi connectivity index (χ3v) is 5.60.